The maximum Gasteiger partial charge on any atom is 0.0803 e. The maximum atomic E-state index is 4.54. The molecule has 0 amide bonds. The van der Waals surface area contributed by atoms with Crippen LogP contribution in [0.5, 0.6) is 0 Å². The van der Waals surface area contributed by atoms with Crippen molar-refractivity contribution in [1.29, 1.82) is 0 Å². The molecule has 0 atom stereocenters. The lowest BCUT2D eigenvalue weighted by Crippen LogP contribution is -2.30. The van der Waals surface area contributed by atoms with Gasteiger partial charge in [0.15, 0.2) is 0 Å². The molecule has 0 unspecified atom stereocenters. The van der Waals surface area contributed by atoms with Crippen LogP contribution < -0.4 is 4.90 Å². The van der Waals surface area contributed by atoms with Gasteiger partial charge in [-0.05, 0) is 43.9 Å². The highest BCUT2D eigenvalue weighted by Gasteiger charge is 2.21. The van der Waals surface area contributed by atoms with E-state index in [9.17, 15) is 0 Å². The molecule has 2 aromatic heterocycles. The van der Waals surface area contributed by atoms with Crippen molar-refractivity contribution in [3.8, 4) is 0 Å². The van der Waals surface area contributed by atoms with Crippen molar-refractivity contribution >= 4 is 29.0 Å². The molecule has 4 heteroatoms. The molecule has 0 aliphatic carbocycles. The van der Waals surface area contributed by atoms with Crippen LogP contribution in [-0.2, 0) is 19.5 Å². The fraction of sp³-hybridized carbons (Fsp3) is 0.350. The molecule has 0 radical (unpaired) electrons. The molecule has 3 nitrogen and oxygen atoms in total. The largest absolute Gasteiger partial charge is 0.364 e. The number of anilines is 1. The van der Waals surface area contributed by atoms with E-state index in [1.807, 2.05) is 12.4 Å². The predicted molar refractivity (Wildman–Crippen MR) is 103 cm³/mol. The van der Waals surface area contributed by atoms with E-state index in [-0.39, 0.29) is 12.4 Å². The van der Waals surface area contributed by atoms with Crippen LogP contribution in [0, 0.1) is 13.8 Å². The zero-order valence-electron chi connectivity index (χ0n) is 14.5. The van der Waals surface area contributed by atoms with Crippen LogP contribution in [0.3, 0.4) is 0 Å². The van der Waals surface area contributed by atoms with Crippen molar-refractivity contribution < 1.29 is 0 Å². The molecule has 1 aromatic carbocycles. The highest BCUT2D eigenvalue weighted by Crippen LogP contribution is 2.34. The minimum absolute atomic E-state index is 0. The molecule has 1 aliphatic rings. The maximum absolute atomic E-state index is 4.54. The van der Waals surface area contributed by atoms with Gasteiger partial charge in [0.1, 0.15) is 0 Å². The summed E-state index contributed by atoms with van der Waals surface area (Å²) >= 11 is 0. The number of aromatic nitrogens is 2. The highest BCUT2D eigenvalue weighted by atomic mass is 35.5. The molecule has 3 heterocycles. The van der Waals surface area contributed by atoms with Crippen LogP contribution >= 0.6 is 12.4 Å². The van der Waals surface area contributed by atoms with Crippen molar-refractivity contribution in [2.24, 2.45) is 0 Å². The summed E-state index contributed by atoms with van der Waals surface area (Å²) in [6.45, 7) is 9.68. The number of aryl methyl sites for hydroxylation is 2. The Morgan fingerprint density at radius 3 is 2.58 bits per heavy atom. The van der Waals surface area contributed by atoms with Crippen molar-refractivity contribution in [2.45, 2.75) is 40.3 Å². The summed E-state index contributed by atoms with van der Waals surface area (Å²) in [4.78, 5) is 7.03. The lowest BCUT2D eigenvalue weighted by molar-refractivity contribution is 0.722. The summed E-state index contributed by atoms with van der Waals surface area (Å²) in [5, 5.41) is 1.29. The lowest BCUT2D eigenvalue weighted by atomic mass is 9.99. The molecule has 0 fully saturated rings. The molecule has 3 aromatic rings. The fourth-order valence-corrected chi connectivity index (χ4v) is 3.89. The fourth-order valence-electron chi connectivity index (χ4n) is 3.89. The van der Waals surface area contributed by atoms with Crippen molar-refractivity contribution in [2.75, 3.05) is 11.4 Å². The smallest absolute Gasteiger partial charge is 0.0803 e. The minimum Gasteiger partial charge on any atom is -0.364 e. The van der Waals surface area contributed by atoms with Crippen molar-refractivity contribution in [1.82, 2.24) is 9.55 Å². The van der Waals surface area contributed by atoms with E-state index in [0.29, 0.717) is 0 Å². The zero-order chi connectivity index (χ0) is 16.0. The number of nitrogens with zero attached hydrogens (tertiary/aromatic N) is 3. The first kappa shape index (κ1) is 16.8. The molecule has 0 N–H and O–H groups in total. The summed E-state index contributed by atoms with van der Waals surface area (Å²) in [6.07, 6.45) is 5.17. The lowest BCUT2D eigenvalue weighted by Gasteiger charge is -2.31. The number of hydrogen-bond acceptors (Lipinski definition) is 2. The zero-order valence-corrected chi connectivity index (χ0v) is 15.4. The summed E-state index contributed by atoms with van der Waals surface area (Å²) in [6, 6.07) is 8.80. The molecule has 24 heavy (non-hydrogen) atoms. The normalized spacial score (nSPS) is 13.7. The third-order valence-electron chi connectivity index (χ3n) is 5.31. The first-order valence-corrected chi connectivity index (χ1v) is 8.45. The number of benzene rings is 1. The Bertz CT molecular complexity index is 882. The summed E-state index contributed by atoms with van der Waals surface area (Å²) in [7, 11) is 0. The average molecular weight is 342 g/mol. The molecule has 4 rings (SSSR count). The standard InChI is InChI=1S/C20H23N3.ClH/c1-4-23-15(3)14(2)18-11-21-12-19(20(18)23)22-10-9-16-7-5-6-8-17(16)13-22;/h5-8,11-12H,4,9-10,13H2,1-3H3;1H. The Labute approximate surface area is 149 Å². The van der Waals surface area contributed by atoms with Gasteiger partial charge in [0, 0.05) is 36.9 Å². The van der Waals surface area contributed by atoms with Crippen molar-refractivity contribution in [3.63, 3.8) is 0 Å². The van der Waals surface area contributed by atoms with E-state index in [1.165, 1.54) is 39.0 Å². The van der Waals surface area contributed by atoms with Gasteiger partial charge < -0.3 is 9.47 Å². The first-order chi connectivity index (χ1) is 11.2. The minimum atomic E-state index is 0. The summed E-state index contributed by atoms with van der Waals surface area (Å²) < 4.78 is 2.43. The number of halogens is 1. The molecule has 0 bridgehead atoms. The Hall–Kier alpha value is -2.00. The van der Waals surface area contributed by atoms with E-state index in [1.54, 1.807) is 0 Å². The van der Waals surface area contributed by atoms with Crippen LogP contribution in [-0.4, -0.2) is 16.1 Å². The van der Waals surface area contributed by atoms with Gasteiger partial charge in [-0.2, -0.15) is 0 Å². The molecule has 1 aliphatic heterocycles. The second-order valence-corrected chi connectivity index (χ2v) is 6.45. The number of pyridine rings is 1. The van der Waals surface area contributed by atoms with Gasteiger partial charge >= 0.3 is 0 Å². The van der Waals surface area contributed by atoms with Gasteiger partial charge in [-0.1, -0.05) is 24.3 Å². The van der Waals surface area contributed by atoms with Crippen LogP contribution in [0.4, 0.5) is 5.69 Å². The van der Waals surface area contributed by atoms with Gasteiger partial charge in [-0.3, -0.25) is 4.98 Å². The van der Waals surface area contributed by atoms with Crippen LogP contribution in [0.25, 0.3) is 10.9 Å². The third kappa shape index (κ3) is 2.48. The van der Waals surface area contributed by atoms with Crippen LogP contribution in [0.1, 0.15) is 29.3 Å². The molecule has 126 valence electrons. The van der Waals surface area contributed by atoms with Crippen LogP contribution in [0.15, 0.2) is 36.7 Å². The first-order valence-electron chi connectivity index (χ1n) is 8.45. The van der Waals surface area contributed by atoms with Gasteiger partial charge in [-0.15, -0.1) is 12.4 Å². The van der Waals surface area contributed by atoms with E-state index in [2.05, 4.69) is 59.5 Å². The van der Waals surface area contributed by atoms with Gasteiger partial charge in [0.05, 0.1) is 17.4 Å². The molecule has 0 spiro atoms. The van der Waals surface area contributed by atoms with Gasteiger partial charge in [-0.25, -0.2) is 0 Å². The Morgan fingerprint density at radius 2 is 1.83 bits per heavy atom. The molecular weight excluding hydrogens is 318 g/mol. The number of hydrogen-bond donors (Lipinski definition) is 0. The van der Waals surface area contributed by atoms with E-state index in [4.69, 9.17) is 0 Å². The summed E-state index contributed by atoms with van der Waals surface area (Å²) in [5.41, 5.74) is 8.26. The Balaban J connectivity index is 0.00000169. The average Bonchev–Trinajstić information content (AvgIpc) is 2.85. The second-order valence-electron chi connectivity index (χ2n) is 6.45. The van der Waals surface area contributed by atoms with Gasteiger partial charge in [0.2, 0.25) is 0 Å². The molecule has 0 saturated heterocycles. The topological polar surface area (TPSA) is 21.1 Å². The van der Waals surface area contributed by atoms with Crippen molar-refractivity contribution in [3.05, 3.63) is 59.0 Å². The number of rotatable bonds is 2. The highest BCUT2D eigenvalue weighted by molar-refractivity contribution is 5.94. The molecular formula is C20H24ClN3. The Kier molecular flexibility index (Phi) is 4.55. The molecule has 0 saturated carbocycles. The van der Waals surface area contributed by atoms with E-state index >= 15 is 0 Å². The predicted octanol–water partition coefficient (Wildman–Crippen LogP) is 4.66. The quantitative estimate of drug-likeness (QED) is 0.676. The SMILES string of the molecule is CCn1c(C)c(C)c2cncc(N3CCc4ccccc4C3)c21.Cl. The van der Waals surface area contributed by atoms with E-state index in [0.717, 1.165) is 26.1 Å². The second kappa shape index (κ2) is 6.48. The summed E-state index contributed by atoms with van der Waals surface area (Å²) in [5.74, 6) is 0. The van der Waals surface area contributed by atoms with Crippen LogP contribution in [0.2, 0.25) is 0 Å². The monoisotopic (exact) mass is 341 g/mol. The third-order valence-corrected chi connectivity index (χ3v) is 5.31. The van der Waals surface area contributed by atoms with Gasteiger partial charge in [0.25, 0.3) is 0 Å². The Morgan fingerprint density at radius 1 is 1.08 bits per heavy atom. The number of fused-ring (bicyclic) bond motifs is 2. The van der Waals surface area contributed by atoms with E-state index < -0.39 is 0 Å².